The predicted octanol–water partition coefficient (Wildman–Crippen LogP) is 3.05. The molecule has 1 atom stereocenters. The molecule has 1 heterocycles. The highest BCUT2D eigenvalue weighted by atomic mass is 35.5. The van der Waals surface area contributed by atoms with E-state index in [0.717, 1.165) is 5.56 Å². The van der Waals surface area contributed by atoms with E-state index < -0.39 is 6.10 Å². The Labute approximate surface area is 137 Å². The van der Waals surface area contributed by atoms with Crippen LogP contribution in [0.25, 0.3) is 0 Å². The molecule has 1 N–H and O–H groups in total. The fourth-order valence-electron chi connectivity index (χ4n) is 1.68. The Kier molecular flexibility index (Phi) is 5.70. The molecule has 0 saturated carbocycles. The van der Waals surface area contributed by atoms with E-state index in [0.29, 0.717) is 27.5 Å². The maximum absolute atomic E-state index is 12.1. The molecule has 1 amide bonds. The summed E-state index contributed by atoms with van der Waals surface area (Å²) in [6.07, 6.45) is -0.672. The van der Waals surface area contributed by atoms with Gasteiger partial charge < -0.3 is 9.47 Å². The summed E-state index contributed by atoms with van der Waals surface area (Å²) in [6, 6.07) is 5.24. The first-order valence-electron chi connectivity index (χ1n) is 6.54. The summed E-state index contributed by atoms with van der Waals surface area (Å²) in [6.45, 7) is 3.90. The zero-order valence-corrected chi connectivity index (χ0v) is 14.0. The van der Waals surface area contributed by atoms with Gasteiger partial charge in [-0.1, -0.05) is 22.9 Å². The monoisotopic (exact) mass is 341 g/mol. The molecule has 0 unspecified atom stereocenters. The van der Waals surface area contributed by atoms with E-state index in [1.54, 1.807) is 32.2 Å². The molecule has 0 radical (unpaired) electrons. The molecular weight excluding hydrogens is 326 g/mol. The third-order valence-corrected chi connectivity index (χ3v) is 3.82. The maximum Gasteiger partial charge on any atom is 0.266 e. The highest BCUT2D eigenvalue weighted by Crippen LogP contribution is 2.23. The zero-order chi connectivity index (χ0) is 16.1. The van der Waals surface area contributed by atoms with E-state index in [4.69, 9.17) is 21.1 Å². The fraction of sp³-hybridized carbons (Fsp3) is 0.357. The maximum atomic E-state index is 12.1. The van der Waals surface area contributed by atoms with Crippen LogP contribution in [0.3, 0.4) is 0 Å². The number of ether oxygens (including phenoxy) is 2. The van der Waals surface area contributed by atoms with Crippen LogP contribution in [0.15, 0.2) is 18.2 Å². The van der Waals surface area contributed by atoms with Gasteiger partial charge in [0, 0.05) is 12.1 Å². The number of benzene rings is 1. The van der Waals surface area contributed by atoms with E-state index >= 15 is 0 Å². The highest BCUT2D eigenvalue weighted by Gasteiger charge is 2.17. The summed E-state index contributed by atoms with van der Waals surface area (Å²) in [7, 11) is 1.57. The minimum absolute atomic E-state index is 0.297. The highest BCUT2D eigenvalue weighted by molar-refractivity contribution is 7.15. The largest absolute Gasteiger partial charge is 0.481 e. The van der Waals surface area contributed by atoms with Crippen LogP contribution >= 0.6 is 22.9 Å². The molecule has 118 valence electrons. The Morgan fingerprint density at radius 2 is 2.23 bits per heavy atom. The number of rotatable bonds is 6. The number of carbonyl (C=O) groups is 1. The first kappa shape index (κ1) is 16.7. The molecule has 1 aromatic heterocycles. The van der Waals surface area contributed by atoms with Gasteiger partial charge in [0.1, 0.15) is 17.4 Å². The number of anilines is 1. The summed E-state index contributed by atoms with van der Waals surface area (Å²) in [4.78, 5) is 12.1. The van der Waals surface area contributed by atoms with Crippen molar-refractivity contribution < 1.29 is 14.3 Å². The summed E-state index contributed by atoms with van der Waals surface area (Å²) >= 11 is 7.15. The smallest absolute Gasteiger partial charge is 0.266 e. The number of nitrogens with zero attached hydrogens (tertiary/aromatic N) is 2. The Morgan fingerprint density at radius 1 is 1.45 bits per heavy atom. The number of nitrogens with one attached hydrogen (secondary N) is 1. The van der Waals surface area contributed by atoms with Gasteiger partial charge in [0.2, 0.25) is 5.13 Å². The molecule has 0 bridgehead atoms. The quantitative estimate of drug-likeness (QED) is 0.874. The third kappa shape index (κ3) is 4.40. The van der Waals surface area contributed by atoms with Crippen molar-refractivity contribution in [3.05, 3.63) is 33.8 Å². The average molecular weight is 342 g/mol. The van der Waals surface area contributed by atoms with Crippen molar-refractivity contribution in [2.24, 2.45) is 0 Å². The van der Waals surface area contributed by atoms with Gasteiger partial charge in [0.05, 0.1) is 0 Å². The van der Waals surface area contributed by atoms with Crippen molar-refractivity contribution in [3.8, 4) is 5.75 Å². The number of carbonyl (C=O) groups excluding carboxylic acids is 1. The molecule has 0 aliphatic rings. The first-order valence-corrected chi connectivity index (χ1v) is 7.74. The summed E-state index contributed by atoms with van der Waals surface area (Å²) < 4.78 is 10.6. The van der Waals surface area contributed by atoms with E-state index in [9.17, 15) is 4.79 Å². The van der Waals surface area contributed by atoms with Crippen LogP contribution in [0.1, 0.15) is 17.5 Å². The van der Waals surface area contributed by atoms with Gasteiger partial charge >= 0.3 is 0 Å². The third-order valence-electron chi connectivity index (χ3n) is 2.77. The summed E-state index contributed by atoms with van der Waals surface area (Å²) in [5, 5.41) is 12.2. The van der Waals surface area contributed by atoms with Crippen LogP contribution in [0.2, 0.25) is 5.02 Å². The summed E-state index contributed by atoms with van der Waals surface area (Å²) in [5.41, 5.74) is 0.866. The van der Waals surface area contributed by atoms with E-state index in [-0.39, 0.29) is 5.91 Å². The van der Waals surface area contributed by atoms with Crippen LogP contribution in [-0.2, 0) is 16.1 Å². The molecule has 0 aliphatic heterocycles. The van der Waals surface area contributed by atoms with Crippen LogP contribution in [0.4, 0.5) is 5.13 Å². The Balaban J connectivity index is 1.96. The van der Waals surface area contributed by atoms with Crippen molar-refractivity contribution >= 4 is 34.0 Å². The zero-order valence-electron chi connectivity index (χ0n) is 12.4. The normalized spacial score (nSPS) is 12.0. The van der Waals surface area contributed by atoms with Crippen LogP contribution < -0.4 is 10.1 Å². The van der Waals surface area contributed by atoms with Crippen molar-refractivity contribution in [1.29, 1.82) is 0 Å². The summed E-state index contributed by atoms with van der Waals surface area (Å²) in [5.74, 6) is 0.318. The van der Waals surface area contributed by atoms with Gasteiger partial charge in [-0.15, -0.1) is 10.2 Å². The number of aromatic nitrogens is 2. The van der Waals surface area contributed by atoms with Crippen LogP contribution in [-0.4, -0.2) is 29.3 Å². The number of methoxy groups -OCH3 is 1. The molecule has 8 heteroatoms. The van der Waals surface area contributed by atoms with Crippen molar-refractivity contribution in [1.82, 2.24) is 10.2 Å². The second kappa shape index (κ2) is 7.53. The van der Waals surface area contributed by atoms with Crippen molar-refractivity contribution in [3.63, 3.8) is 0 Å². The van der Waals surface area contributed by atoms with Gasteiger partial charge in [0.25, 0.3) is 5.91 Å². The topological polar surface area (TPSA) is 73.3 Å². The first-order chi connectivity index (χ1) is 10.5. The molecule has 1 aromatic carbocycles. The second-order valence-electron chi connectivity index (χ2n) is 4.59. The van der Waals surface area contributed by atoms with Crippen molar-refractivity contribution in [2.45, 2.75) is 26.6 Å². The van der Waals surface area contributed by atoms with Gasteiger partial charge in [-0.05, 0) is 37.6 Å². The predicted molar refractivity (Wildman–Crippen MR) is 85.5 cm³/mol. The molecular formula is C14H16ClN3O3S. The molecule has 0 spiro atoms. The molecule has 6 nitrogen and oxygen atoms in total. The second-order valence-corrected chi connectivity index (χ2v) is 6.09. The molecule has 2 rings (SSSR count). The van der Waals surface area contributed by atoms with E-state index in [1.807, 2.05) is 6.92 Å². The lowest BCUT2D eigenvalue weighted by atomic mass is 10.2. The number of amides is 1. The standard InChI is InChI=1S/C14H16ClN3O3S/c1-8-6-10(15)4-5-11(8)21-9(2)13(19)16-14-18-17-12(22-14)7-20-3/h4-6,9H,7H2,1-3H3,(H,16,18,19)/t9-/m0/s1. The molecule has 22 heavy (non-hydrogen) atoms. The van der Waals surface area contributed by atoms with Gasteiger partial charge in [-0.2, -0.15) is 0 Å². The molecule has 0 saturated heterocycles. The number of halogens is 1. The Morgan fingerprint density at radius 3 is 2.91 bits per heavy atom. The van der Waals surface area contributed by atoms with E-state index in [1.165, 1.54) is 11.3 Å². The van der Waals surface area contributed by atoms with Crippen LogP contribution in [0, 0.1) is 6.92 Å². The van der Waals surface area contributed by atoms with Gasteiger partial charge in [0.15, 0.2) is 6.10 Å². The minimum atomic E-state index is -0.672. The van der Waals surface area contributed by atoms with Crippen molar-refractivity contribution in [2.75, 3.05) is 12.4 Å². The lowest BCUT2D eigenvalue weighted by molar-refractivity contribution is -0.122. The fourth-order valence-corrected chi connectivity index (χ4v) is 2.62. The Bertz CT molecular complexity index is 663. The number of aryl methyl sites for hydroxylation is 1. The minimum Gasteiger partial charge on any atom is -0.481 e. The average Bonchev–Trinajstić information content (AvgIpc) is 2.89. The molecule has 0 fully saturated rings. The molecule has 0 aliphatic carbocycles. The van der Waals surface area contributed by atoms with E-state index in [2.05, 4.69) is 15.5 Å². The van der Waals surface area contributed by atoms with Gasteiger partial charge in [-0.25, -0.2) is 0 Å². The van der Waals surface area contributed by atoms with Gasteiger partial charge in [-0.3, -0.25) is 10.1 Å². The Hall–Kier alpha value is -1.70. The lowest BCUT2D eigenvalue weighted by Gasteiger charge is -2.15. The molecule has 2 aromatic rings. The SMILES string of the molecule is COCc1nnc(NC(=O)[C@H](C)Oc2ccc(Cl)cc2C)s1. The van der Waals surface area contributed by atoms with Crippen LogP contribution in [0.5, 0.6) is 5.75 Å². The lowest BCUT2D eigenvalue weighted by Crippen LogP contribution is -2.30. The number of hydrogen-bond donors (Lipinski definition) is 1. The number of hydrogen-bond acceptors (Lipinski definition) is 6.